The molecule has 1 aromatic heterocycles. The predicted molar refractivity (Wildman–Crippen MR) is 115 cm³/mol. The van der Waals surface area contributed by atoms with Gasteiger partial charge in [-0.25, -0.2) is 4.98 Å². The Hall–Kier alpha value is -1.75. The van der Waals surface area contributed by atoms with Crippen LogP contribution < -0.4 is 15.4 Å². The van der Waals surface area contributed by atoms with Crippen LogP contribution in [0.15, 0.2) is 47.6 Å². The van der Waals surface area contributed by atoms with E-state index in [9.17, 15) is 13.2 Å². The number of hydrogen-bond donors (Lipinski definition) is 2. The number of aliphatic imine (C=N–C) groups is 1. The number of benzene rings is 1. The Bertz CT molecular complexity index is 757. The average molecular weight is 529 g/mol. The quantitative estimate of drug-likeness (QED) is 0.321. The summed E-state index contributed by atoms with van der Waals surface area (Å²) in [5, 5.41) is 6.99. The van der Waals surface area contributed by atoms with Crippen LogP contribution in [0.3, 0.4) is 0 Å². The molecule has 0 radical (unpaired) electrons. The molecule has 2 N–H and O–H groups in total. The summed E-state index contributed by atoms with van der Waals surface area (Å²) in [5.41, 5.74) is 1.90. The fourth-order valence-corrected chi connectivity index (χ4v) is 2.39. The van der Waals surface area contributed by atoms with Crippen molar-refractivity contribution in [1.82, 2.24) is 15.6 Å². The second kappa shape index (κ2) is 11.9. The molecule has 1 heterocycles. The van der Waals surface area contributed by atoms with Crippen molar-refractivity contribution in [3.05, 3.63) is 58.7 Å². The number of halogens is 5. The molecule has 0 saturated carbocycles. The minimum absolute atomic E-state index is 0. The van der Waals surface area contributed by atoms with E-state index in [4.69, 9.17) is 11.6 Å². The van der Waals surface area contributed by atoms with Crippen molar-refractivity contribution >= 4 is 41.5 Å². The Morgan fingerprint density at radius 1 is 1.18 bits per heavy atom. The fourth-order valence-electron chi connectivity index (χ4n) is 2.18. The summed E-state index contributed by atoms with van der Waals surface area (Å²) in [7, 11) is 1.65. The molecule has 5 nitrogen and oxygen atoms in total. The summed E-state index contributed by atoms with van der Waals surface area (Å²) in [6.45, 7) is -0.271. The molecule has 28 heavy (non-hydrogen) atoms. The van der Waals surface area contributed by atoms with Crippen molar-refractivity contribution in [2.45, 2.75) is 19.1 Å². The molecule has 0 amide bonds. The van der Waals surface area contributed by atoms with Gasteiger partial charge in [-0.2, -0.15) is 13.2 Å². The topological polar surface area (TPSA) is 58.5 Å². The third-order valence-electron chi connectivity index (χ3n) is 3.46. The summed E-state index contributed by atoms with van der Waals surface area (Å²) in [4.78, 5) is 7.98. The summed E-state index contributed by atoms with van der Waals surface area (Å²) < 4.78 is 40.9. The summed E-state index contributed by atoms with van der Waals surface area (Å²) in [5.74, 6) is 0.537. The number of guanidine groups is 1. The van der Waals surface area contributed by atoms with Crippen LogP contribution >= 0.6 is 35.6 Å². The van der Waals surface area contributed by atoms with Crippen LogP contribution in [0.2, 0.25) is 5.02 Å². The van der Waals surface area contributed by atoms with Crippen molar-refractivity contribution in [3.8, 4) is 5.88 Å². The van der Waals surface area contributed by atoms with E-state index < -0.39 is 12.8 Å². The molecule has 0 bridgehead atoms. The molecule has 2 aromatic rings. The number of nitrogens with zero attached hydrogens (tertiary/aromatic N) is 2. The Morgan fingerprint density at radius 3 is 2.57 bits per heavy atom. The van der Waals surface area contributed by atoms with Crippen LogP contribution in [-0.2, 0) is 13.0 Å². The van der Waals surface area contributed by atoms with Gasteiger partial charge >= 0.3 is 6.18 Å². The first kappa shape index (κ1) is 24.3. The Kier molecular flexibility index (Phi) is 10.4. The molecular formula is C18H21ClF3IN4O. The molecule has 0 aliphatic heterocycles. The molecule has 1 aromatic carbocycles. The van der Waals surface area contributed by atoms with E-state index in [0.29, 0.717) is 24.1 Å². The van der Waals surface area contributed by atoms with Crippen LogP contribution in [0.5, 0.6) is 5.88 Å². The van der Waals surface area contributed by atoms with Gasteiger partial charge in [0.2, 0.25) is 5.88 Å². The van der Waals surface area contributed by atoms with E-state index in [2.05, 4.69) is 25.3 Å². The van der Waals surface area contributed by atoms with Gasteiger partial charge < -0.3 is 15.4 Å². The van der Waals surface area contributed by atoms with Gasteiger partial charge in [-0.3, -0.25) is 4.99 Å². The zero-order valence-electron chi connectivity index (χ0n) is 15.1. The minimum atomic E-state index is -4.38. The highest BCUT2D eigenvalue weighted by molar-refractivity contribution is 14.0. The Morgan fingerprint density at radius 2 is 1.96 bits per heavy atom. The standard InChI is InChI=1S/C18H20ClF3N4O.HI/c1-23-17(24-8-7-13-3-2-4-15(19)9-13)26-11-14-5-6-16(25-10-14)27-12-18(20,21)22;/h2-6,9-10H,7-8,11-12H2,1H3,(H2,23,24,26);1H. The number of hydrogen-bond acceptors (Lipinski definition) is 3. The summed E-state index contributed by atoms with van der Waals surface area (Å²) in [6.07, 6.45) is -2.14. The minimum Gasteiger partial charge on any atom is -0.468 e. The normalized spacial score (nSPS) is 11.5. The smallest absolute Gasteiger partial charge is 0.422 e. The number of alkyl halides is 3. The Labute approximate surface area is 183 Å². The van der Waals surface area contributed by atoms with E-state index in [1.165, 1.54) is 12.3 Å². The molecule has 154 valence electrons. The molecule has 2 rings (SSSR count). The van der Waals surface area contributed by atoms with Crippen LogP contribution in [0.1, 0.15) is 11.1 Å². The highest BCUT2D eigenvalue weighted by atomic mass is 127. The van der Waals surface area contributed by atoms with Crippen molar-refractivity contribution in [2.24, 2.45) is 4.99 Å². The first-order valence-corrected chi connectivity index (χ1v) is 8.57. The maximum absolute atomic E-state index is 12.1. The molecule has 0 aliphatic rings. The van der Waals surface area contributed by atoms with E-state index in [0.717, 1.165) is 17.5 Å². The van der Waals surface area contributed by atoms with Gasteiger partial charge in [-0.05, 0) is 29.7 Å². The van der Waals surface area contributed by atoms with E-state index in [-0.39, 0.29) is 29.9 Å². The van der Waals surface area contributed by atoms with Crippen LogP contribution in [0.4, 0.5) is 13.2 Å². The molecular weight excluding hydrogens is 508 g/mol. The summed E-state index contributed by atoms with van der Waals surface area (Å²) in [6, 6.07) is 10.7. The molecule has 0 saturated heterocycles. The highest BCUT2D eigenvalue weighted by Gasteiger charge is 2.28. The molecule has 0 atom stereocenters. The lowest BCUT2D eigenvalue weighted by Gasteiger charge is -2.12. The van der Waals surface area contributed by atoms with Gasteiger partial charge in [0.05, 0.1) is 0 Å². The zero-order chi connectivity index (χ0) is 19.7. The third kappa shape index (κ3) is 9.45. The van der Waals surface area contributed by atoms with Gasteiger partial charge in [-0.1, -0.05) is 29.8 Å². The van der Waals surface area contributed by atoms with Crippen molar-refractivity contribution in [2.75, 3.05) is 20.2 Å². The first-order chi connectivity index (χ1) is 12.9. The molecule has 0 unspecified atom stereocenters. The molecule has 0 fully saturated rings. The van der Waals surface area contributed by atoms with Gasteiger partial charge in [-0.15, -0.1) is 24.0 Å². The Balaban J connectivity index is 0.00000392. The average Bonchev–Trinajstić information content (AvgIpc) is 2.63. The van der Waals surface area contributed by atoms with Crippen molar-refractivity contribution in [3.63, 3.8) is 0 Å². The highest BCUT2D eigenvalue weighted by Crippen LogP contribution is 2.17. The lowest BCUT2D eigenvalue weighted by atomic mass is 10.1. The monoisotopic (exact) mass is 528 g/mol. The molecule has 0 spiro atoms. The van der Waals surface area contributed by atoms with Gasteiger partial charge in [0.1, 0.15) is 0 Å². The van der Waals surface area contributed by atoms with Crippen molar-refractivity contribution in [1.29, 1.82) is 0 Å². The number of nitrogens with one attached hydrogen (secondary N) is 2. The maximum atomic E-state index is 12.1. The first-order valence-electron chi connectivity index (χ1n) is 8.19. The van der Waals surface area contributed by atoms with Crippen LogP contribution in [-0.4, -0.2) is 37.3 Å². The van der Waals surface area contributed by atoms with E-state index in [1.807, 2.05) is 24.3 Å². The maximum Gasteiger partial charge on any atom is 0.422 e. The number of pyridine rings is 1. The van der Waals surface area contributed by atoms with Crippen molar-refractivity contribution < 1.29 is 17.9 Å². The second-order valence-electron chi connectivity index (χ2n) is 5.64. The molecule has 10 heteroatoms. The summed E-state index contributed by atoms with van der Waals surface area (Å²) >= 11 is 5.96. The number of aromatic nitrogens is 1. The fraction of sp³-hybridized carbons (Fsp3) is 0.333. The SMILES string of the molecule is CN=C(NCCc1cccc(Cl)c1)NCc1ccc(OCC(F)(F)F)nc1.I. The van der Waals surface area contributed by atoms with E-state index in [1.54, 1.807) is 13.1 Å². The largest absolute Gasteiger partial charge is 0.468 e. The van der Waals surface area contributed by atoms with Crippen LogP contribution in [0.25, 0.3) is 0 Å². The van der Waals surface area contributed by atoms with Crippen LogP contribution in [0, 0.1) is 0 Å². The van der Waals surface area contributed by atoms with E-state index >= 15 is 0 Å². The van der Waals surface area contributed by atoms with Gasteiger partial charge in [0.25, 0.3) is 0 Å². The third-order valence-corrected chi connectivity index (χ3v) is 3.70. The lowest BCUT2D eigenvalue weighted by molar-refractivity contribution is -0.154. The van der Waals surface area contributed by atoms with Gasteiger partial charge in [0.15, 0.2) is 12.6 Å². The zero-order valence-corrected chi connectivity index (χ0v) is 18.2. The number of ether oxygens (including phenoxy) is 1. The lowest BCUT2D eigenvalue weighted by Crippen LogP contribution is -2.37. The number of rotatable bonds is 7. The second-order valence-corrected chi connectivity index (χ2v) is 6.08. The predicted octanol–water partition coefficient (Wildman–Crippen LogP) is 4.20. The molecule has 0 aliphatic carbocycles. The van der Waals surface area contributed by atoms with Gasteiger partial charge in [0, 0.05) is 37.4 Å².